The Hall–Kier alpha value is -1.56. The number of fused-ring (bicyclic) bond motifs is 1. The summed E-state index contributed by atoms with van der Waals surface area (Å²) < 4.78 is 34.2. The summed E-state index contributed by atoms with van der Waals surface area (Å²) in [6, 6.07) is 1.78. The Morgan fingerprint density at radius 1 is 1.15 bits per heavy atom. The number of alkyl halides is 1. The molecule has 1 aliphatic carbocycles. The molecule has 0 bridgehead atoms. The lowest BCUT2D eigenvalue weighted by molar-refractivity contribution is 0.165. The molecule has 0 amide bonds. The SMILES string of the molecule is CCCC1CCC(C#Cc2cc3c(c(CF)c2F)OC(CC)CC3)CC1. The number of hydrogen-bond donors (Lipinski definition) is 0. The molecular formula is C23H30F2O. The molecule has 26 heavy (non-hydrogen) atoms. The van der Waals surface area contributed by atoms with Crippen molar-refractivity contribution >= 4 is 0 Å². The summed E-state index contributed by atoms with van der Waals surface area (Å²) in [7, 11) is 0. The molecule has 1 fully saturated rings. The highest BCUT2D eigenvalue weighted by Crippen LogP contribution is 2.36. The van der Waals surface area contributed by atoms with E-state index in [1.165, 1.54) is 25.7 Å². The lowest BCUT2D eigenvalue weighted by atomic mass is 9.80. The van der Waals surface area contributed by atoms with Crippen LogP contribution < -0.4 is 4.74 Å². The largest absolute Gasteiger partial charge is 0.490 e. The van der Waals surface area contributed by atoms with Crippen molar-refractivity contribution in [3.05, 3.63) is 28.6 Å². The van der Waals surface area contributed by atoms with Crippen LogP contribution in [0.1, 0.15) is 81.9 Å². The van der Waals surface area contributed by atoms with Gasteiger partial charge in [-0.25, -0.2) is 8.78 Å². The summed E-state index contributed by atoms with van der Waals surface area (Å²) in [5.41, 5.74) is 1.29. The first-order valence-corrected chi connectivity index (χ1v) is 10.2. The van der Waals surface area contributed by atoms with Crippen molar-refractivity contribution in [3.8, 4) is 17.6 Å². The average Bonchev–Trinajstić information content (AvgIpc) is 2.67. The molecule has 1 nitrogen and oxygen atoms in total. The van der Waals surface area contributed by atoms with Gasteiger partial charge in [-0.2, -0.15) is 0 Å². The maximum Gasteiger partial charge on any atom is 0.148 e. The molecule has 0 aromatic heterocycles. The highest BCUT2D eigenvalue weighted by atomic mass is 19.1. The zero-order valence-electron chi connectivity index (χ0n) is 16.0. The Balaban J connectivity index is 1.78. The molecular weight excluding hydrogens is 330 g/mol. The molecule has 2 aliphatic rings. The molecule has 1 aromatic rings. The Morgan fingerprint density at radius 3 is 2.58 bits per heavy atom. The number of halogens is 2. The molecule has 3 heteroatoms. The molecule has 1 heterocycles. The summed E-state index contributed by atoms with van der Waals surface area (Å²) >= 11 is 0. The summed E-state index contributed by atoms with van der Waals surface area (Å²) in [5, 5.41) is 0. The van der Waals surface area contributed by atoms with Crippen LogP contribution in [0, 0.1) is 29.5 Å². The lowest BCUT2D eigenvalue weighted by Crippen LogP contribution is -2.23. The van der Waals surface area contributed by atoms with Crippen molar-refractivity contribution in [3.63, 3.8) is 0 Å². The zero-order chi connectivity index (χ0) is 18.5. The summed E-state index contributed by atoms with van der Waals surface area (Å²) in [5.74, 6) is 7.37. The molecule has 1 saturated carbocycles. The van der Waals surface area contributed by atoms with Crippen molar-refractivity contribution in [1.29, 1.82) is 0 Å². The van der Waals surface area contributed by atoms with Crippen LogP contribution in [0.2, 0.25) is 0 Å². The topological polar surface area (TPSA) is 9.23 Å². The van der Waals surface area contributed by atoms with Gasteiger partial charge in [-0.3, -0.25) is 0 Å². The molecule has 0 N–H and O–H groups in total. The third-order valence-corrected chi connectivity index (χ3v) is 5.95. The van der Waals surface area contributed by atoms with Gasteiger partial charge < -0.3 is 4.74 Å². The third-order valence-electron chi connectivity index (χ3n) is 5.95. The van der Waals surface area contributed by atoms with Crippen molar-refractivity contribution in [2.24, 2.45) is 11.8 Å². The van der Waals surface area contributed by atoms with Gasteiger partial charge in [0, 0.05) is 5.92 Å². The van der Waals surface area contributed by atoms with Crippen LogP contribution in [0.5, 0.6) is 5.75 Å². The maximum absolute atomic E-state index is 14.8. The molecule has 142 valence electrons. The molecule has 0 spiro atoms. The van der Waals surface area contributed by atoms with Crippen molar-refractivity contribution in [2.45, 2.75) is 84.4 Å². The summed E-state index contributed by atoms with van der Waals surface area (Å²) in [6.45, 7) is 3.43. The predicted octanol–water partition coefficient (Wildman–Crippen LogP) is 6.36. The fourth-order valence-electron chi connectivity index (χ4n) is 4.32. The zero-order valence-corrected chi connectivity index (χ0v) is 16.0. The highest BCUT2D eigenvalue weighted by Gasteiger charge is 2.25. The molecule has 0 saturated heterocycles. The molecule has 1 atom stereocenters. The highest BCUT2D eigenvalue weighted by molar-refractivity contribution is 5.52. The summed E-state index contributed by atoms with van der Waals surface area (Å²) in [6.07, 6.45) is 9.81. The third kappa shape index (κ3) is 4.22. The van der Waals surface area contributed by atoms with E-state index in [1.807, 2.05) is 6.92 Å². The smallest absolute Gasteiger partial charge is 0.148 e. The first kappa shape index (κ1) is 19.2. The van der Waals surface area contributed by atoms with Crippen LogP contribution in [-0.2, 0) is 13.1 Å². The molecule has 0 radical (unpaired) electrons. The Bertz CT molecular complexity index is 678. The van der Waals surface area contributed by atoms with Crippen LogP contribution in [0.15, 0.2) is 6.07 Å². The van der Waals surface area contributed by atoms with Gasteiger partial charge in [0.15, 0.2) is 0 Å². The minimum atomic E-state index is -0.845. The first-order chi connectivity index (χ1) is 12.7. The quantitative estimate of drug-likeness (QED) is 0.568. The maximum atomic E-state index is 14.8. The van der Waals surface area contributed by atoms with Gasteiger partial charge in [-0.15, -0.1) is 0 Å². The van der Waals surface area contributed by atoms with E-state index in [1.54, 1.807) is 6.07 Å². The van der Waals surface area contributed by atoms with Crippen molar-refractivity contribution in [2.75, 3.05) is 0 Å². The average molecular weight is 360 g/mol. The Labute approximate surface area is 156 Å². The minimum Gasteiger partial charge on any atom is -0.490 e. The van der Waals surface area contributed by atoms with E-state index in [2.05, 4.69) is 18.8 Å². The van der Waals surface area contributed by atoms with E-state index < -0.39 is 12.5 Å². The van der Waals surface area contributed by atoms with Crippen LogP contribution in [0.4, 0.5) is 8.78 Å². The van der Waals surface area contributed by atoms with Gasteiger partial charge in [0.25, 0.3) is 0 Å². The van der Waals surface area contributed by atoms with E-state index in [0.29, 0.717) is 17.2 Å². The van der Waals surface area contributed by atoms with E-state index in [-0.39, 0.29) is 11.7 Å². The van der Waals surface area contributed by atoms with E-state index in [9.17, 15) is 8.78 Å². The van der Waals surface area contributed by atoms with Gasteiger partial charge in [0.05, 0.1) is 17.2 Å². The summed E-state index contributed by atoms with van der Waals surface area (Å²) in [4.78, 5) is 0. The van der Waals surface area contributed by atoms with Crippen LogP contribution in [0.3, 0.4) is 0 Å². The first-order valence-electron chi connectivity index (χ1n) is 10.2. The normalized spacial score (nSPS) is 25.0. The van der Waals surface area contributed by atoms with Gasteiger partial charge in [0.1, 0.15) is 18.2 Å². The van der Waals surface area contributed by atoms with Crippen LogP contribution in [-0.4, -0.2) is 6.10 Å². The van der Waals surface area contributed by atoms with Gasteiger partial charge in [-0.05, 0) is 62.5 Å². The number of ether oxygens (including phenoxy) is 1. The van der Waals surface area contributed by atoms with E-state index >= 15 is 0 Å². The fourth-order valence-corrected chi connectivity index (χ4v) is 4.32. The molecule has 1 unspecified atom stereocenters. The second-order valence-corrected chi connectivity index (χ2v) is 7.80. The monoisotopic (exact) mass is 360 g/mol. The van der Waals surface area contributed by atoms with E-state index in [4.69, 9.17) is 4.74 Å². The van der Waals surface area contributed by atoms with Crippen LogP contribution >= 0.6 is 0 Å². The van der Waals surface area contributed by atoms with Crippen LogP contribution in [0.25, 0.3) is 0 Å². The Kier molecular flexibility index (Phi) is 6.57. The number of benzene rings is 1. The van der Waals surface area contributed by atoms with Gasteiger partial charge >= 0.3 is 0 Å². The van der Waals surface area contributed by atoms with Crippen molar-refractivity contribution < 1.29 is 13.5 Å². The number of hydrogen-bond acceptors (Lipinski definition) is 1. The number of rotatable bonds is 4. The van der Waals surface area contributed by atoms with Gasteiger partial charge in [-0.1, -0.05) is 38.5 Å². The Morgan fingerprint density at radius 2 is 1.92 bits per heavy atom. The molecule has 3 rings (SSSR count). The minimum absolute atomic E-state index is 0.0524. The lowest BCUT2D eigenvalue weighted by Gasteiger charge is -2.27. The standard InChI is InChI=1S/C23H30F2O/c1-3-5-16-6-8-17(9-7-16)10-11-18-14-19-12-13-20(4-2)26-23(19)21(15-24)22(18)25/h14,16-17,20H,3-9,12-13,15H2,1-2H3. The fraction of sp³-hybridized carbons (Fsp3) is 0.652. The second-order valence-electron chi connectivity index (χ2n) is 7.80. The van der Waals surface area contributed by atoms with Gasteiger partial charge in [0.2, 0.25) is 0 Å². The number of aryl methyl sites for hydroxylation is 1. The molecule has 1 aliphatic heterocycles. The molecule has 1 aromatic carbocycles. The van der Waals surface area contributed by atoms with Crippen molar-refractivity contribution in [1.82, 2.24) is 0 Å². The second kappa shape index (κ2) is 8.89. The predicted molar refractivity (Wildman–Crippen MR) is 101 cm³/mol. The van der Waals surface area contributed by atoms with E-state index in [0.717, 1.165) is 43.6 Å².